The van der Waals surface area contributed by atoms with Gasteiger partial charge in [-0.1, -0.05) is 6.07 Å². The lowest BCUT2D eigenvalue weighted by Gasteiger charge is -2.27. The maximum absolute atomic E-state index is 13.9. The van der Waals surface area contributed by atoms with E-state index in [1.807, 2.05) is 6.07 Å². The van der Waals surface area contributed by atoms with Crippen LogP contribution in [0.2, 0.25) is 0 Å². The predicted molar refractivity (Wildman–Crippen MR) is 73.4 cm³/mol. The summed E-state index contributed by atoms with van der Waals surface area (Å²) in [7, 11) is 0. The van der Waals surface area contributed by atoms with E-state index in [0.29, 0.717) is 5.25 Å². The summed E-state index contributed by atoms with van der Waals surface area (Å²) in [4.78, 5) is 3.19. The second-order valence-electron chi connectivity index (χ2n) is 5.11. The van der Waals surface area contributed by atoms with E-state index < -0.39 is 0 Å². The second-order valence-corrected chi connectivity index (χ2v) is 6.45. The SMILES string of the molecule is Fc1cc(CN2CCNCC2)ccc1SC1CC1. The molecule has 0 spiro atoms. The Morgan fingerprint density at radius 1 is 1.28 bits per heavy atom. The van der Waals surface area contributed by atoms with Crippen LogP contribution in [0, 0.1) is 5.82 Å². The van der Waals surface area contributed by atoms with Gasteiger partial charge >= 0.3 is 0 Å². The summed E-state index contributed by atoms with van der Waals surface area (Å²) in [5, 5.41) is 4.00. The van der Waals surface area contributed by atoms with Crippen LogP contribution in [0.1, 0.15) is 18.4 Å². The fourth-order valence-corrected chi connectivity index (χ4v) is 3.28. The minimum absolute atomic E-state index is 0.0421. The second kappa shape index (κ2) is 5.59. The van der Waals surface area contributed by atoms with E-state index in [0.717, 1.165) is 43.2 Å². The molecule has 1 aliphatic heterocycles. The van der Waals surface area contributed by atoms with Gasteiger partial charge in [0, 0.05) is 42.9 Å². The molecule has 0 amide bonds. The Hall–Kier alpha value is -0.580. The monoisotopic (exact) mass is 266 g/mol. The van der Waals surface area contributed by atoms with E-state index in [1.165, 1.54) is 12.8 Å². The predicted octanol–water partition coefficient (Wildman–Crippen LogP) is 2.49. The minimum atomic E-state index is -0.0421. The lowest BCUT2D eigenvalue weighted by molar-refractivity contribution is 0.233. The minimum Gasteiger partial charge on any atom is -0.314 e. The molecule has 0 unspecified atom stereocenters. The van der Waals surface area contributed by atoms with Crippen molar-refractivity contribution in [2.75, 3.05) is 26.2 Å². The van der Waals surface area contributed by atoms with Crippen molar-refractivity contribution in [3.8, 4) is 0 Å². The van der Waals surface area contributed by atoms with Crippen LogP contribution in [0.4, 0.5) is 4.39 Å². The van der Waals surface area contributed by atoms with Crippen LogP contribution in [0.25, 0.3) is 0 Å². The number of thioether (sulfide) groups is 1. The highest BCUT2D eigenvalue weighted by molar-refractivity contribution is 8.00. The Labute approximate surface area is 112 Å². The van der Waals surface area contributed by atoms with Crippen molar-refractivity contribution in [1.29, 1.82) is 0 Å². The van der Waals surface area contributed by atoms with Crippen LogP contribution in [0.15, 0.2) is 23.1 Å². The van der Waals surface area contributed by atoms with Crippen LogP contribution in [0.5, 0.6) is 0 Å². The van der Waals surface area contributed by atoms with Gasteiger partial charge in [0.2, 0.25) is 0 Å². The summed E-state index contributed by atoms with van der Waals surface area (Å²) < 4.78 is 13.9. The largest absolute Gasteiger partial charge is 0.314 e. The normalized spacial score (nSPS) is 21.2. The highest BCUT2D eigenvalue weighted by atomic mass is 32.2. The zero-order chi connectivity index (χ0) is 12.4. The van der Waals surface area contributed by atoms with Crippen LogP contribution in [-0.4, -0.2) is 36.3 Å². The number of benzene rings is 1. The van der Waals surface area contributed by atoms with E-state index in [9.17, 15) is 4.39 Å². The molecule has 3 rings (SSSR count). The Kier molecular flexibility index (Phi) is 3.87. The number of hydrogen-bond donors (Lipinski definition) is 1. The molecule has 1 saturated heterocycles. The molecule has 0 bridgehead atoms. The summed E-state index contributed by atoms with van der Waals surface area (Å²) >= 11 is 1.69. The summed E-state index contributed by atoms with van der Waals surface area (Å²) in [5.41, 5.74) is 1.09. The van der Waals surface area contributed by atoms with Crippen LogP contribution in [0.3, 0.4) is 0 Å². The summed E-state index contributed by atoms with van der Waals surface area (Å²) in [5.74, 6) is -0.0421. The fourth-order valence-electron chi connectivity index (χ4n) is 2.23. The summed E-state index contributed by atoms with van der Waals surface area (Å²) in [6.45, 7) is 5.06. The van der Waals surface area contributed by atoms with Crippen molar-refractivity contribution in [3.63, 3.8) is 0 Å². The Bertz CT molecular complexity index is 414. The van der Waals surface area contributed by atoms with Gasteiger partial charge < -0.3 is 5.32 Å². The molecule has 1 aromatic carbocycles. The number of nitrogens with one attached hydrogen (secondary N) is 1. The number of rotatable bonds is 4. The van der Waals surface area contributed by atoms with Crippen molar-refractivity contribution in [3.05, 3.63) is 29.6 Å². The average Bonchev–Trinajstić information content (AvgIpc) is 3.18. The Morgan fingerprint density at radius 2 is 2.06 bits per heavy atom. The molecule has 2 aliphatic rings. The molecule has 0 aromatic heterocycles. The first-order valence-corrected chi connectivity index (χ1v) is 7.57. The number of halogens is 1. The molecule has 18 heavy (non-hydrogen) atoms. The topological polar surface area (TPSA) is 15.3 Å². The standard InChI is InChI=1S/C14H19FN2S/c15-13-9-11(10-17-7-5-16-6-8-17)1-4-14(13)18-12-2-3-12/h1,4,9,12,16H,2-3,5-8,10H2. The fraction of sp³-hybridized carbons (Fsp3) is 0.571. The first-order valence-electron chi connectivity index (χ1n) is 6.69. The number of nitrogens with zero attached hydrogens (tertiary/aromatic N) is 1. The van der Waals surface area contributed by atoms with Gasteiger partial charge in [0.1, 0.15) is 5.82 Å². The summed E-state index contributed by atoms with van der Waals surface area (Å²) in [6, 6.07) is 5.75. The van der Waals surface area contributed by atoms with Gasteiger partial charge in [-0.05, 0) is 30.5 Å². The quantitative estimate of drug-likeness (QED) is 0.901. The lowest BCUT2D eigenvalue weighted by Crippen LogP contribution is -2.42. The van der Waals surface area contributed by atoms with Gasteiger partial charge in [0.15, 0.2) is 0 Å². The van der Waals surface area contributed by atoms with Crippen molar-refractivity contribution < 1.29 is 4.39 Å². The zero-order valence-electron chi connectivity index (χ0n) is 10.5. The summed E-state index contributed by atoms with van der Waals surface area (Å²) in [6.07, 6.45) is 2.49. The first kappa shape index (κ1) is 12.5. The molecule has 1 aliphatic carbocycles. The van der Waals surface area contributed by atoms with Gasteiger partial charge in [0.05, 0.1) is 0 Å². The lowest BCUT2D eigenvalue weighted by atomic mass is 10.2. The van der Waals surface area contributed by atoms with Gasteiger partial charge in [-0.25, -0.2) is 4.39 Å². The molecule has 2 nitrogen and oxygen atoms in total. The van der Waals surface area contributed by atoms with Crippen LogP contribution < -0.4 is 5.32 Å². The molecule has 2 fully saturated rings. The van der Waals surface area contributed by atoms with Gasteiger partial charge in [0.25, 0.3) is 0 Å². The van der Waals surface area contributed by atoms with E-state index in [1.54, 1.807) is 17.8 Å². The zero-order valence-corrected chi connectivity index (χ0v) is 11.3. The molecule has 0 atom stereocenters. The van der Waals surface area contributed by atoms with Gasteiger partial charge in [-0.3, -0.25) is 4.90 Å². The average molecular weight is 266 g/mol. The third-order valence-corrected chi connectivity index (χ3v) is 4.82. The third-order valence-electron chi connectivity index (χ3n) is 3.43. The van der Waals surface area contributed by atoms with Crippen molar-refractivity contribution >= 4 is 11.8 Å². The molecule has 1 saturated carbocycles. The maximum atomic E-state index is 13.9. The molecular formula is C14H19FN2S. The highest BCUT2D eigenvalue weighted by Crippen LogP contribution is 2.40. The molecule has 0 radical (unpaired) electrons. The molecule has 1 N–H and O–H groups in total. The molecule has 4 heteroatoms. The molecular weight excluding hydrogens is 247 g/mol. The molecule has 1 aromatic rings. The van der Waals surface area contributed by atoms with Crippen molar-refractivity contribution in [2.45, 2.75) is 29.5 Å². The van der Waals surface area contributed by atoms with E-state index >= 15 is 0 Å². The highest BCUT2D eigenvalue weighted by Gasteiger charge is 2.23. The third kappa shape index (κ3) is 3.25. The van der Waals surface area contributed by atoms with Crippen molar-refractivity contribution in [1.82, 2.24) is 10.2 Å². The number of hydrogen-bond acceptors (Lipinski definition) is 3. The van der Waals surface area contributed by atoms with Crippen LogP contribution in [-0.2, 0) is 6.54 Å². The van der Waals surface area contributed by atoms with E-state index in [-0.39, 0.29) is 5.82 Å². The van der Waals surface area contributed by atoms with E-state index in [4.69, 9.17) is 0 Å². The first-order chi connectivity index (χ1) is 8.81. The smallest absolute Gasteiger partial charge is 0.137 e. The molecule has 98 valence electrons. The van der Waals surface area contributed by atoms with Gasteiger partial charge in [-0.15, -0.1) is 11.8 Å². The number of piperazine rings is 1. The van der Waals surface area contributed by atoms with Crippen LogP contribution >= 0.6 is 11.8 Å². The Balaban J connectivity index is 1.63. The van der Waals surface area contributed by atoms with E-state index in [2.05, 4.69) is 16.3 Å². The Morgan fingerprint density at radius 3 is 2.72 bits per heavy atom. The van der Waals surface area contributed by atoms with Crippen molar-refractivity contribution in [2.24, 2.45) is 0 Å². The van der Waals surface area contributed by atoms with Gasteiger partial charge in [-0.2, -0.15) is 0 Å². The maximum Gasteiger partial charge on any atom is 0.137 e. The molecule has 1 heterocycles.